The fraction of sp³-hybridized carbons (Fsp3) is 0.516. The van der Waals surface area contributed by atoms with E-state index < -0.39 is 0 Å². The van der Waals surface area contributed by atoms with Crippen molar-refractivity contribution in [2.45, 2.75) is 82.7 Å². The second-order valence-electron chi connectivity index (χ2n) is 11.7. The largest absolute Gasteiger partial charge is 0.331 e. The topological polar surface area (TPSA) is 78.1 Å². The number of likely N-dealkylation sites (tertiary alicyclic amines) is 1. The minimum Gasteiger partial charge on any atom is -0.331 e. The number of hydrogen-bond acceptors (Lipinski definition) is 4. The van der Waals surface area contributed by atoms with Crippen LogP contribution in [0.4, 0.5) is 0 Å². The average molecular weight is 499 g/mol. The first-order chi connectivity index (χ1) is 17.9. The number of nitrogens with zero attached hydrogens (tertiary/aromatic N) is 2. The molecule has 2 N–H and O–H groups in total. The van der Waals surface area contributed by atoms with Gasteiger partial charge < -0.3 is 15.2 Å². The van der Waals surface area contributed by atoms with Gasteiger partial charge in [0.05, 0.1) is 23.0 Å². The van der Waals surface area contributed by atoms with Crippen LogP contribution in [-0.4, -0.2) is 40.4 Å². The lowest BCUT2D eigenvalue weighted by molar-refractivity contribution is -0.135. The Kier molecular flexibility index (Phi) is 6.18. The Morgan fingerprint density at radius 2 is 1.95 bits per heavy atom. The highest BCUT2D eigenvalue weighted by Crippen LogP contribution is 2.52. The number of aromatic amines is 1. The molecule has 1 saturated heterocycles. The van der Waals surface area contributed by atoms with E-state index in [0.717, 1.165) is 24.8 Å². The molecule has 2 fully saturated rings. The lowest BCUT2D eigenvalue weighted by Crippen LogP contribution is -2.48. The molecule has 3 aromatic rings. The maximum absolute atomic E-state index is 13.3. The van der Waals surface area contributed by atoms with E-state index in [9.17, 15) is 9.59 Å². The van der Waals surface area contributed by atoms with Crippen LogP contribution in [0.25, 0.3) is 22.0 Å². The smallest absolute Gasteiger partial charge is 0.258 e. The van der Waals surface area contributed by atoms with Gasteiger partial charge in [-0.1, -0.05) is 51.0 Å². The highest BCUT2D eigenvalue weighted by molar-refractivity contribution is 5.85. The summed E-state index contributed by atoms with van der Waals surface area (Å²) in [5.74, 6) is 0.860. The average Bonchev–Trinajstić information content (AvgIpc) is 3.65. The van der Waals surface area contributed by atoms with Crippen molar-refractivity contribution in [1.29, 1.82) is 0 Å². The van der Waals surface area contributed by atoms with Crippen LogP contribution in [-0.2, 0) is 16.6 Å². The molecule has 1 amide bonds. The van der Waals surface area contributed by atoms with Crippen molar-refractivity contribution in [3.8, 4) is 11.1 Å². The Hall–Kier alpha value is -2.99. The number of carbonyl (C=O) groups excluding carboxylic acids is 1. The lowest BCUT2D eigenvalue weighted by Gasteiger charge is -2.30. The number of carbonyl (C=O) groups is 1. The van der Waals surface area contributed by atoms with E-state index >= 15 is 0 Å². The molecular formula is C31H38N4O2. The van der Waals surface area contributed by atoms with Crippen LogP contribution >= 0.6 is 0 Å². The van der Waals surface area contributed by atoms with Crippen molar-refractivity contribution >= 4 is 16.8 Å². The molecule has 1 aromatic heterocycles. The van der Waals surface area contributed by atoms with Gasteiger partial charge in [-0.2, -0.15) is 0 Å². The maximum Gasteiger partial charge on any atom is 0.258 e. The van der Waals surface area contributed by atoms with E-state index in [1.54, 1.807) is 0 Å². The summed E-state index contributed by atoms with van der Waals surface area (Å²) >= 11 is 0. The molecule has 2 aromatic carbocycles. The SMILES string of the molecule is CNC(C(=O)N1CCCC1c1nc2ccc(-c3cccc4c3CCC43CCCC3)cc2c(=O)[nH]1)C(C)C. The van der Waals surface area contributed by atoms with Gasteiger partial charge in [0.15, 0.2) is 0 Å². The zero-order valence-electron chi connectivity index (χ0n) is 22.3. The summed E-state index contributed by atoms with van der Waals surface area (Å²) in [6.07, 6.45) is 9.37. The molecule has 0 radical (unpaired) electrons. The Morgan fingerprint density at radius 1 is 1.14 bits per heavy atom. The standard InChI is InChI=1S/C31H38N4O2/c1-19(2)27(32-3)30(37)35-17-7-10-26(35)28-33-25-12-11-20(18-23(25)29(36)34-28)21-8-6-9-24-22(21)13-16-31(24)14-4-5-15-31/h6,8-9,11-12,18-19,26-27,32H,4-5,7,10,13-17H2,1-3H3,(H,33,34,36). The Bertz CT molecular complexity index is 1400. The first-order valence-electron chi connectivity index (χ1n) is 14.1. The van der Waals surface area contributed by atoms with Gasteiger partial charge >= 0.3 is 0 Å². The molecule has 6 nitrogen and oxygen atoms in total. The number of benzene rings is 2. The molecule has 194 valence electrons. The van der Waals surface area contributed by atoms with E-state index in [1.807, 2.05) is 37.9 Å². The molecule has 6 rings (SSSR count). The molecule has 2 unspecified atom stereocenters. The van der Waals surface area contributed by atoms with Crippen molar-refractivity contribution in [2.24, 2.45) is 5.92 Å². The van der Waals surface area contributed by atoms with Gasteiger partial charge in [-0.25, -0.2) is 4.98 Å². The van der Waals surface area contributed by atoms with E-state index in [4.69, 9.17) is 4.98 Å². The maximum atomic E-state index is 13.3. The Morgan fingerprint density at radius 3 is 2.70 bits per heavy atom. The number of H-pyrrole nitrogens is 1. The van der Waals surface area contributed by atoms with E-state index in [-0.39, 0.29) is 29.5 Å². The van der Waals surface area contributed by atoms with Crippen LogP contribution in [0, 0.1) is 5.92 Å². The predicted molar refractivity (Wildman–Crippen MR) is 148 cm³/mol. The van der Waals surface area contributed by atoms with Crippen LogP contribution in [0.3, 0.4) is 0 Å². The summed E-state index contributed by atoms with van der Waals surface area (Å²) in [4.78, 5) is 36.4. The van der Waals surface area contributed by atoms with Crippen molar-refractivity contribution in [3.63, 3.8) is 0 Å². The number of aromatic nitrogens is 2. The number of hydrogen-bond donors (Lipinski definition) is 2. The Labute approximate surface area is 218 Å². The number of amides is 1. The highest BCUT2D eigenvalue weighted by atomic mass is 16.2. The van der Waals surface area contributed by atoms with Crippen molar-refractivity contribution in [3.05, 3.63) is 63.7 Å². The minimum atomic E-state index is -0.244. The summed E-state index contributed by atoms with van der Waals surface area (Å²) < 4.78 is 0. The normalized spacial score (nSPS) is 21.3. The van der Waals surface area contributed by atoms with E-state index in [1.165, 1.54) is 48.8 Å². The van der Waals surface area contributed by atoms with Gasteiger partial charge in [0.2, 0.25) is 5.91 Å². The van der Waals surface area contributed by atoms with Gasteiger partial charge in [0.25, 0.3) is 5.56 Å². The van der Waals surface area contributed by atoms with Crippen LogP contribution in [0.2, 0.25) is 0 Å². The molecule has 37 heavy (non-hydrogen) atoms. The highest BCUT2D eigenvalue weighted by Gasteiger charge is 2.41. The van der Waals surface area contributed by atoms with Gasteiger partial charge in [0, 0.05) is 6.54 Å². The zero-order chi connectivity index (χ0) is 25.7. The molecule has 3 aliphatic rings. The summed E-state index contributed by atoms with van der Waals surface area (Å²) in [5, 5.41) is 3.77. The summed E-state index contributed by atoms with van der Waals surface area (Å²) in [5.41, 5.74) is 6.29. The van der Waals surface area contributed by atoms with Gasteiger partial charge in [-0.3, -0.25) is 9.59 Å². The van der Waals surface area contributed by atoms with Crippen LogP contribution in [0.5, 0.6) is 0 Å². The second kappa shape index (κ2) is 9.39. The third-order valence-electron chi connectivity index (χ3n) is 9.29. The fourth-order valence-corrected chi connectivity index (χ4v) is 7.41. The molecular weight excluding hydrogens is 460 g/mol. The van der Waals surface area contributed by atoms with Crippen LogP contribution < -0.4 is 10.9 Å². The van der Waals surface area contributed by atoms with E-state index in [2.05, 4.69) is 34.6 Å². The van der Waals surface area contributed by atoms with Gasteiger partial charge in [-0.15, -0.1) is 0 Å². The molecule has 1 aliphatic heterocycles. The van der Waals surface area contributed by atoms with Gasteiger partial charge in [0.1, 0.15) is 5.82 Å². The number of likely N-dealkylation sites (N-methyl/N-ethyl adjacent to an activating group) is 1. The third kappa shape index (κ3) is 4.01. The minimum absolute atomic E-state index is 0.0797. The molecule has 2 aliphatic carbocycles. The predicted octanol–water partition coefficient (Wildman–Crippen LogP) is 5.26. The third-order valence-corrected chi connectivity index (χ3v) is 9.29. The molecule has 0 bridgehead atoms. The van der Waals surface area contributed by atoms with Crippen molar-refractivity contribution in [2.75, 3.05) is 13.6 Å². The zero-order valence-corrected chi connectivity index (χ0v) is 22.3. The van der Waals surface area contributed by atoms with Gasteiger partial charge in [-0.05, 0) is 91.3 Å². The first kappa shape index (κ1) is 24.4. The molecule has 2 atom stereocenters. The molecule has 1 spiro atoms. The second-order valence-corrected chi connectivity index (χ2v) is 11.7. The quantitative estimate of drug-likeness (QED) is 0.503. The Balaban J connectivity index is 1.35. The first-order valence-corrected chi connectivity index (χ1v) is 14.1. The summed E-state index contributed by atoms with van der Waals surface area (Å²) in [6, 6.07) is 12.4. The molecule has 6 heteroatoms. The fourth-order valence-electron chi connectivity index (χ4n) is 7.41. The monoisotopic (exact) mass is 498 g/mol. The van der Waals surface area contributed by atoms with Crippen molar-refractivity contribution < 1.29 is 4.79 Å². The summed E-state index contributed by atoms with van der Waals surface area (Å²) in [6.45, 7) is 4.79. The number of rotatable bonds is 5. The van der Waals surface area contributed by atoms with Crippen LogP contribution in [0.1, 0.15) is 81.8 Å². The molecule has 2 heterocycles. The lowest BCUT2D eigenvalue weighted by atomic mass is 9.80. The van der Waals surface area contributed by atoms with Crippen molar-refractivity contribution in [1.82, 2.24) is 20.2 Å². The van der Waals surface area contributed by atoms with E-state index in [0.29, 0.717) is 28.7 Å². The summed E-state index contributed by atoms with van der Waals surface area (Å²) in [7, 11) is 1.83. The van der Waals surface area contributed by atoms with Crippen LogP contribution in [0.15, 0.2) is 41.2 Å². The number of nitrogens with one attached hydrogen (secondary N) is 2. The number of fused-ring (bicyclic) bond motifs is 3. The molecule has 1 saturated carbocycles.